The van der Waals surface area contributed by atoms with Crippen LogP contribution >= 0.6 is 0 Å². The number of alkyl halides is 6. The van der Waals surface area contributed by atoms with Crippen LogP contribution in [0.3, 0.4) is 0 Å². The molecule has 5 aromatic carbocycles. The van der Waals surface area contributed by atoms with Crippen LogP contribution in [0.5, 0.6) is 0 Å². The number of amides is 2. The molecule has 1 fully saturated rings. The molecule has 1 saturated heterocycles. The van der Waals surface area contributed by atoms with Crippen LogP contribution in [0.4, 0.5) is 26.3 Å². The molecule has 2 amide bonds. The number of hydrogen-bond acceptors (Lipinski definition) is 3. The van der Waals surface area contributed by atoms with Gasteiger partial charge in [0.1, 0.15) is 6.04 Å². The van der Waals surface area contributed by atoms with Crippen molar-refractivity contribution < 1.29 is 35.9 Å². The molecule has 63 heavy (non-hydrogen) atoms. The number of hydrogen-bond donors (Lipinski definition) is 0. The van der Waals surface area contributed by atoms with Crippen molar-refractivity contribution >= 4 is 17.9 Å². The lowest BCUT2D eigenvalue weighted by molar-refractivity contribution is -0.145. The predicted molar refractivity (Wildman–Crippen MR) is 238 cm³/mol. The van der Waals surface area contributed by atoms with Gasteiger partial charge in [0.15, 0.2) is 0 Å². The Bertz CT molecular complexity index is 2130. The summed E-state index contributed by atoms with van der Waals surface area (Å²) in [5, 5.41) is 0. The first-order valence-electron chi connectivity index (χ1n) is 21.3. The van der Waals surface area contributed by atoms with E-state index < -0.39 is 36.3 Å². The summed E-state index contributed by atoms with van der Waals surface area (Å²) in [7, 11) is 0. The Morgan fingerprint density at radius 3 is 1.71 bits per heavy atom. The highest BCUT2D eigenvalue weighted by Crippen LogP contribution is 2.31. The molecule has 1 aliphatic heterocycles. The van der Waals surface area contributed by atoms with E-state index in [1.54, 1.807) is 4.90 Å². The summed E-state index contributed by atoms with van der Waals surface area (Å²) in [6, 6.07) is 42.7. The number of halogens is 6. The van der Waals surface area contributed by atoms with E-state index in [-0.39, 0.29) is 18.5 Å². The minimum absolute atomic E-state index is 0.0353. The highest BCUT2D eigenvalue weighted by molar-refractivity contribution is 5.95. The maximum absolute atomic E-state index is 14.8. The molecule has 1 aliphatic rings. The average Bonchev–Trinajstić information content (AvgIpc) is 3.28. The standard InChI is InChI=1S/C48H50F3N3O2.C4H5F3/c1-2-3-7-14-37-21-23-40(24-22-37)36-54(45(55)30-27-38-25-28-43(29-26-38)48(49,50)51)44(35-39-15-8-4-9-16-39)47(56)53-33-31-52(32-34-53)46(41-17-10-5-11-18-41)42-19-12-6-13-20-42;1-2-3-4(5,6)7/h4-6,8-13,15-30,44,46H,2-3,7,14,31-36H2,1H3;2H,1,3H2/b30-27+;/t44-;/m0./s1. The van der Waals surface area contributed by atoms with Crippen molar-refractivity contribution in [1.29, 1.82) is 0 Å². The fourth-order valence-electron chi connectivity index (χ4n) is 7.60. The number of rotatable bonds is 16. The van der Waals surface area contributed by atoms with Crippen LogP contribution in [0.1, 0.15) is 77.6 Å². The van der Waals surface area contributed by atoms with Gasteiger partial charge in [-0.1, -0.05) is 153 Å². The molecule has 0 aromatic heterocycles. The van der Waals surface area contributed by atoms with Crippen molar-refractivity contribution in [2.24, 2.45) is 0 Å². The van der Waals surface area contributed by atoms with Gasteiger partial charge in [0.05, 0.1) is 18.0 Å². The maximum Gasteiger partial charge on any atom is 0.416 e. The summed E-state index contributed by atoms with van der Waals surface area (Å²) in [5.74, 6) is -0.519. The smallest absolute Gasteiger partial charge is 0.338 e. The van der Waals surface area contributed by atoms with Crippen LogP contribution in [0, 0.1) is 0 Å². The fraction of sp³-hybridized carbons (Fsp3) is 0.308. The summed E-state index contributed by atoms with van der Waals surface area (Å²) >= 11 is 0. The third-order valence-corrected chi connectivity index (χ3v) is 10.9. The van der Waals surface area contributed by atoms with Crippen LogP contribution in [-0.4, -0.2) is 64.9 Å². The number of unbranched alkanes of at least 4 members (excludes halogenated alkanes) is 2. The minimum atomic E-state index is -4.46. The molecule has 0 bridgehead atoms. The zero-order chi connectivity index (χ0) is 45.2. The highest BCUT2D eigenvalue weighted by Gasteiger charge is 2.36. The van der Waals surface area contributed by atoms with Gasteiger partial charge < -0.3 is 9.80 Å². The first kappa shape index (κ1) is 48.1. The van der Waals surface area contributed by atoms with Crippen LogP contribution < -0.4 is 0 Å². The molecular weight excluding hydrogens is 813 g/mol. The second kappa shape index (κ2) is 23.5. The van der Waals surface area contributed by atoms with Crippen LogP contribution in [0.2, 0.25) is 0 Å². The lowest BCUT2D eigenvalue weighted by Gasteiger charge is -2.42. The van der Waals surface area contributed by atoms with Gasteiger partial charge in [-0.15, -0.1) is 6.58 Å². The van der Waals surface area contributed by atoms with E-state index in [4.69, 9.17) is 0 Å². The minimum Gasteiger partial charge on any atom is -0.338 e. The molecule has 6 rings (SSSR count). The fourth-order valence-corrected chi connectivity index (χ4v) is 7.60. The molecule has 5 aromatic rings. The summed E-state index contributed by atoms with van der Waals surface area (Å²) < 4.78 is 72.7. The largest absolute Gasteiger partial charge is 0.416 e. The quantitative estimate of drug-likeness (QED) is 0.0429. The topological polar surface area (TPSA) is 43.9 Å². The first-order valence-corrected chi connectivity index (χ1v) is 21.3. The Hall–Kier alpha value is -5.94. The number of benzene rings is 5. The molecule has 332 valence electrons. The normalized spacial score (nSPS) is 13.9. The third kappa shape index (κ3) is 15.1. The molecule has 0 radical (unpaired) electrons. The highest BCUT2D eigenvalue weighted by atomic mass is 19.4. The molecule has 0 unspecified atom stereocenters. The summed E-state index contributed by atoms with van der Waals surface area (Å²) in [5.41, 5.74) is 5.12. The van der Waals surface area contributed by atoms with E-state index in [2.05, 4.69) is 79.1 Å². The predicted octanol–water partition coefficient (Wildman–Crippen LogP) is 12.1. The van der Waals surface area contributed by atoms with Gasteiger partial charge in [-0.25, -0.2) is 0 Å². The van der Waals surface area contributed by atoms with Crippen molar-refractivity contribution in [1.82, 2.24) is 14.7 Å². The van der Waals surface area contributed by atoms with Crippen molar-refractivity contribution in [3.05, 3.63) is 197 Å². The molecule has 0 saturated carbocycles. The lowest BCUT2D eigenvalue weighted by Crippen LogP contribution is -2.56. The van der Waals surface area contributed by atoms with E-state index >= 15 is 0 Å². The second-order valence-electron chi connectivity index (χ2n) is 15.6. The molecular formula is C52H55F6N3O2. The number of allylic oxidation sites excluding steroid dienone is 1. The third-order valence-electron chi connectivity index (χ3n) is 10.9. The van der Waals surface area contributed by atoms with Crippen molar-refractivity contribution in [3.63, 3.8) is 0 Å². The van der Waals surface area contributed by atoms with Gasteiger partial charge in [-0.05, 0) is 64.4 Å². The van der Waals surface area contributed by atoms with Gasteiger partial charge in [-0.2, -0.15) is 26.3 Å². The Morgan fingerprint density at radius 2 is 1.22 bits per heavy atom. The number of carbonyl (C=O) groups is 2. The van der Waals surface area contributed by atoms with E-state index in [1.807, 2.05) is 59.5 Å². The van der Waals surface area contributed by atoms with Crippen LogP contribution in [-0.2, 0) is 35.2 Å². The monoisotopic (exact) mass is 867 g/mol. The molecule has 11 heteroatoms. The molecule has 1 atom stereocenters. The summed E-state index contributed by atoms with van der Waals surface area (Å²) in [6.45, 7) is 7.60. The molecule has 0 aliphatic carbocycles. The van der Waals surface area contributed by atoms with E-state index in [0.717, 1.165) is 55.0 Å². The zero-order valence-corrected chi connectivity index (χ0v) is 35.6. The summed E-state index contributed by atoms with van der Waals surface area (Å²) in [4.78, 5) is 35.1. The van der Waals surface area contributed by atoms with E-state index in [9.17, 15) is 35.9 Å². The Morgan fingerprint density at radius 1 is 0.683 bits per heavy atom. The zero-order valence-electron chi connectivity index (χ0n) is 35.6. The number of carbonyl (C=O) groups excluding carboxylic acids is 2. The van der Waals surface area contributed by atoms with E-state index in [1.165, 1.54) is 41.0 Å². The average molecular weight is 868 g/mol. The second-order valence-corrected chi connectivity index (χ2v) is 15.6. The molecule has 0 N–H and O–H groups in total. The molecule has 0 spiro atoms. The summed E-state index contributed by atoms with van der Waals surface area (Å²) in [6.07, 6.45) is -1.01. The molecule has 1 heterocycles. The van der Waals surface area contributed by atoms with Crippen molar-refractivity contribution in [2.75, 3.05) is 26.2 Å². The Kier molecular flexibility index (Phi) is 17.9. The van der Waals surface area contributed by atoms with E-state index in [0.29, 0.717) is 38.2 Å². The van der Waals surface area contributed by atoms with Crippen LogP contribution in [0.25, 0.3) is 6.08 Å². The Balaban J connectivity index is 0.000000985. The first-order chi connectivity index (χ1) is 30.3. The lowest BCUT2D eigenvalue weighted by atomic mass is 9.96. The van der Waals surface area contributed by atoms with Gasteiger partial charge in [0.2, 0.25) is 11.8 Å². The number of piperazine rings is 1. The maximum atomic E-state index is 14.8. The van der Waals surface area contributed by atoms with Gasteiger partial charge in [0, 0.05) is 45.2 Å². The Labute approximate surface area is 367 Å². The number of aryl methyl sites for hydroxylation is 1. The molecule has 5 nitrogen and oxygen atoms in total. The van der Waals surface area contributed by atoms with Crippen molar-refractivity contribution in [2.45, 2.75) is 76.4 Å². The van der Waals surface area contributed by atoms with Gasteiger partial charge in [-0.3, -0.25) is 14.5 Å². The SMILES string of the molecule is C=CCC(F)(F)F.CCCCCc1ccc(CN(C(=O)/C=C/c2ccc(C(F)(F)F)cc2)[C@@H](Cc2ccccc2)C(=O)N2CCN(C(c3ccccc3)c3ccccc3)CC2)cc1. The van der Waals surface area contributed by atoms with Crippen LogP contribution in [0.15, 0.2) is 158 Å². The number of nitrogens with zero attached hydrogens (tertiary/aromatic N) is 3. The van der Waals surface area contributed by atoms with Gasteiger partial charge >= 0.3 is 12.4 Å². The van der Waals surface area contributed by atoms with Crippen molar-refractivity contribution in [3.8, 4) is 0 Å². The van der Waals surface area contributed by atoms with Gasteiger partial charge in [0.25, 0.3) is 0 Å².